The monoisotopic (exact) mass is 459 g/mol. The number of hydrogen-bond donors (Lipinski definition) is 0. The number of fused-ring (bicyclic) bond motifs is 2. The van der Waals surface area contributed by atoms with Crippen molar-refractivity contribution in [1.29, 1.82) is 0 Å². The number of rotatable bonds is 8. The molecule has 1 aromatic carbocycles. The fraction of sp³-hybridized carbons (Fsp3) is 0.586. The molecule has 2 aromatic heterocycles. The summed E-state index contributed by atoms with van der Waals surface area (Å²) in [5.74, 6) is 2.67. The lowest BCUT2D eigenvalue weighted by molar-refractivity contribution is 0.154. The molecule has 182 valence electrons. The van der Waals surface area contributed by atoms with Crippen LogP contribution in [0.5, 0.6) is 0 Å². The van der Waals surface area contributed by atoms with E-state index < -0.39 is 0 Å². The van der Waals surface area contributed by atoms with Crippen LogP contribution in [0, 0.1) is 11.8 Å². The Morgan fingerprint density at radius 3 is 2.85 bits per heavy atom. The highest BCUT2D eigenvalue weighted by molar-refractivity contribution is 5.75. The number of imidazole rings is 1. The molecular weight excluding hydrogens is 418 g/mol. The van der Waals surface area contributed by atoms with Crippen molar-refractivity contribution in [1.82, 2.24) is 24.3 Å². The number of nitrogens with zero attached hydrogens (tertiary/aromatic N) is 5. The number of para-hydroxylation sites is 2. The summed E-state index contributed by atoms with van der Waals surface area (Å²) in [4.78, 5) is 15.1. The Kier molecular flexibility index (Phi) is 7.31. The molecule has 0 saturated carbocycles. The Hall–Kier alpha value is -2.24. The minimum absolute atomic E-state index is 0.374. The number of piperidine rings is 1. The van der Waals surface area contributed by atoms with E-state index in [1.807, 2.05) is 6.20 Å². The summed E-state index contributed by atoms with van der Waals surface area (Å²) >= 11 is 0. The molecule has 3 aromatic rings. The quantitative estimate of drug-likeness (QED) is 0.433. The summed E-state index contributed by atoms with van der Waals surface area (Å²) in [6.45, 7) is 10.3. The van der Waals surface area contributed by atoms with Crippen LogP contribution in [-0.2, 0) is 19.5 Å². The van der Waals surface area contributed by atoms with E-state index in [0.717, 1.165) is 30.9 Å². The van der Waals surface area contributed by atoms with Crippen LogP contribution in [-0.4, -0.2) is 51.0 Å². The standard InChI is InChI=1S/C29H41N5/c1-22(2)15-18-33-17-8-9-23(19-33)20-34-26-13-5-4-12-25(26)31-28(34)21-32(3)27-14-6-10-24-11-7-16-30-29(24)27/h4-5,7,11-13,16,22-23,27H,6,8-10,14-15,17-21H2,1-3H3/t23-,27+/m0/s1. The van der Waals surface area contributed by atoms with E-state index in [4.69, 9.17) is 9.97 Å². The van der Waals surface area contributed by atoms with E-state index in [2.05, 4.69) is 71.7 Å². The summed E-state index contributed by atoms with van der Waals surface area (Å²) < 4.78 is 2.53. The molecule has 1 aliphatic heterocycles. The second-order valence-corrected chi connectivity index (χ2v) is 11.0. The third-order valence-corrected chi connectivity index (χ3v) is 7.89. The highest BCUT2D eigenvalue weighted by Gasteiger charge is 2.27. The lowest BCUT2D eigenvalue weighted by Gasteiger charge is -2.34. The van der Waals surface area contributed by atoms with Crippen LogP contribution in [0.2, 0.25) is 0 Å². The maximum Gasteiger partial charge on any atom is 0.124 e. The third kappa shape index (κ3) is 5.21. The molecule has 34 heavy (non-hydrogen) atoms. The summed E-state index contributed by atoms with van der Waals surface area (Å²) in [6.07, 6.45) is 9.45. The van der Waals surface area contributed by atoms with Crippen molar-refractivity contribution in [3.63, 3.8) is 0 Å². The summed E-state index contributed by atoms with van der Waals surface area (Å²) in [5, 5.41) is 0. The van der Waals surface area contributed by atoms with Gasteiger partial charge in [0.15, 0.2) is 0 Å². The Morgan fingerprint density at radius 2 is 1.97 bits per heavy atom. The van der Waals surface area contributed by atoms with Crippen LogP contribution < -0.4 is 0 Å². The Balaban J connectivity index is 1.36. The van der Waals surface area contributed by atoms with Crippen molar-refractivity contribution in [2.24, 2.45) is 11.8 Å². The Bertz CT molecular complexity index is 1090. The molecule has 5 nitrogen and oxygen atoms in total. The van der Waals surface area contributed by atoms with E-state index in [-0.39, 0.29) is 0 Å². The first kappa shape index (κ1) is 23.5. The fourth-order valence-electron chi connectivity index (χ4n) is 6.00. The maximum absolute atomic E-state index is 5.13. The van der Waals surface area contributed by atoms with Crippen molar-refractivity contribution in [3.05, 3.63) is 59.7 Å². The van der Waals surface area contributed by atoms with Crippen LogP contribution in [0.15, 0.2) is 42.6 Å². The molecular formula is C29H41N5. The van der Waals surface area contributed by atoms with Gasteiger partial charge in [0.25, 0.3) is 0 Å². The highest BCUT2D eigenvalue weighted by atomic mass is 15.2. The van der Waals surface area contributed by atoms with Crippen LogP contribution >= 0.6 is 0 Å². The second kappa shape index (κ2) is 10.6. The lowest BCUT2D eigenvalue weighted by Crippen LogP contribution is -2.38. The zero-order chi connectivity index (χ0) is 23.5. The average Bonchev–Trinajstić information content (AvgIpc) is 3.19. The van der Waals surface area contributed by atoms with Crippen LogP contribution in [0.3, 0.4) is 0 Å². The smallest absolute Gasteiger partial charge is 0.124 e. The first-order valence-corrected chi connectivity index (χ1v) is 13.4. The molecule has 3 heterocycles. The summed E-state index contributed by atoms with van der Waals surface area (Å²) in [6, 6.07) is 13.4. The maximum atomic E-state index is 5.13. The molecule has 2 aliphatic rings. The van der Waals surface area contributed by atoms with Gasteiger partial charge in [0.05, 0.1) is 29.3 Å². The van der Waals surface area contributed by atoms with E-state index in [1.54, 1.807) is 0 Å². The number of benzene rings is 1. The van der Waals surface area contributed by atoms with Gasteiger partial charge in [0, 0.05) is 19.3 Å². The molecule has 1 fully saturated rings. The molecule has 0 unspecified atom stereocenters. The molecule has 5 heteroatoms. The molecule has 1 aliphatic carbocycles. The molecule has 5 rings (SSSR count). The van der Waals surface area contributed by atoms with E-state index in [0.29, 0.717) is 12.0 Å². The van der Waals surface area contributed by atoms with E-state index in [9.17, 15) is 0 Å². The minimum Gasteiger partial charge on any atom is -0.327 e. The van der Waals surface area contributed by atoms with Crippen molar-refractivity contribution in [2.45, 2.75) is 71.5 Å². The van der Waals surface area contributed by atoms with Crippen molar-refractivity contribution in [2.75, 3.05) is 26.7 Å². The fourth-order valence-corrected chi connectivity index (χ4v) is 6.00. The number of pyridine rings is 1. The van der Waals surface area contributed by atoms with Crippen molar-refractivity contribution < 1.29 is 0 Å². The van der Waals surface area contributed by atoms with Gasteiger partial charge in [-0.15, -0.1) is 0 Å². The highest BCUT2D eigenvalue weighted by Crippen LogP contribution is 2.33. The number of hydrogen-bond acceptors (Lipinski definition) is 4. The zero-order valence-electron chi connectivity index (χ0n) is 21.3. The lowest BCUT2D eigenvalue weighted by atomic mass is 9.91. The topological polar surface area (TPSA) is 37.2 Å². The van der Waals surface area contributed by atoms with Gasteiger partial charge < -0.3 is 9.47 Å². The van der Waals surface area contributed by atoms with Crippen molar-refractivity contribution in [3.8, 4) is 0 Å². The van der Waals surface area contributed by atoms with Gasteiger partial charge in [-0.25, -0.2) is 4.98 Å². The van der Waals surface area contributed by atoms with Gasteiger partial charge in [-0.3, -0.25) is 9.88 Å². The third-order valence-electron chi connectivity index (χ3n) is 7.89. The first-order chi connectivity index (χ1) is 16.6. The predicted octanol–water partition coefficient (Wildman–Crippen LogP) is 5.70. The molecule has 0 spiro atoms. The van der Waals surface area contributed by atoms with Gasteiger partial charge in [-0.05, 0) is 94.3 Å². The molecule has 0 radical (unpaired) electrons. The van der Waals surface area contributed by atoms with Crippen LogP contribution in [0.1, 0.15) is 69.1 Å². The zero-order valence-corrected chi connectivity index (χ0v) is 21.3. The van der Waals surface area contributed by atoms with Gasteiger partial charge in [-0.2, -0.15) is 0 Å². The summed E-state index contributed by atoms with van der Waals surface area (Å²) in [7, 11) is 2.26. The Labute approximate surface area is 205 Å². The van der Waals surface area contributed by atoms with Gasteiger partial charge >= 0.3 is 0 Å². The van der Waals surface area contributed by atoms with E-state index in [1.165, 1.54) is 74.3 Å². The number of aromatic nitrogens is 3. The van der Waals surface area contributed by atoms with Gasteiger partial charge in [0.1, 0.15) is 5.82 Å². The SMILES string of the molecule is CC(C)CCN1CCC[C@H](Cn2c(CN(C)[C@@H]3CCCc4cccnc43)nc3ccccc32)C1. The van der Waals surface area contributed by atoms with Crippen molar-refractivity contribution >= 4 is 11.0 Å². The van der Waals surface area contributed by atoms with Crippen LogP contribution in [0.25, 0.3) is 11.0 Å². The minimum atomic E-state index is 0.374. The van der Waals surface area contributed by atoms with Gasteiger partial charge in [-0.1, -0.05) is 32.0 Å². The average molecular weight is 460 g/mol. The molecule has 0 amide bonds. The first-order valence-electron chi connectivity index (χ1n) is 13.4. The van der Waals surface area contributed by atoms with Gasteiger partial charge in [0.2, 0.25) is 0 Å². The normalized spacial score (nSPS) is 21.4. The Morgan fingerprint density at radius 1 is 1.09 bits per heavy atom. The second-order valence-electron chi connectivity index (χ2n) is 11.0. The van der Waals surface area contributed by atoms with E-state index >= 15 is 0 Å². The largest absolute Gasteiger partial charge is 0.327 e. The molecule has 0 N–H and O–H groups in total. The van der Waals surface area contributed by atoms with Crippen LogP contribution in [0.4, 0.5) is 0 Å². The number of likely N-dealkylation sites (tertiary alicyclic amines) is 1. The summed E-state index contributed by atoms with van der Waals surface area (Å²) in [5.41, 5.74) is 5.10. The molecule has 1 saturated heterocycles. The molecule has 2 atom stereocenters. The molecule has 0 bridgehead atoms. The predicted molar refractivity (Wildman–Crippen MR) is 140 cm³/mol. The number of aryl methyl sites for hydroxylation is 1.